The minimum atomic E-state index is -4.04. The van der Waals surface area contributed by atoms with Gasteiger partial charge in [-0.2, -0.15) is 0 Å². The van der Waals surface area contributed by atoms with Gasteiger partial charge in [-0.05, 0) is 54.6 Å². The number of sulfonamides is 1. The molecular weight excluding hydrogens is 482 g/mol. The van der Waals surface area contributed by atoms with Gasteiger partial charge in [-0.25, -0.2) is 12.8 Å². The third kappa shape index (κ3) is 6.03. The summed E-state index contributed by atoms with van der Waals surface area (Å²) in [6.45, 7) is -0.404. The molecule has 0 radical (unpaired) electrons. The van der Waals surface area contributed by atoms with Gasteiger partial charge in [0.25, 0.3) is 15.9 Å². The van der Waals surface area contributed by atoms with Crippen LogP contribution < -0.4 is 19.5 Å². The Morgan fingerprint density at radius 3 is 2.34 bits per heavy atom. The number of hydrogen-bond acceptors (Lipinski definition) is 5. The van der Waals surface area contributed by atoms with E-state index in [1.807, 2.05) is 0 Å². The fraction of sp³-hybridized carbons (Fsp3) is 0.0952. The number of amides is 1. The van der Waals surface area contributed by atoms with E-state index in [0.717, 1.165) is 6.07 Å². The lowest BCUT2D eigenvalue weighted by Crippen LogP contribution is -2.21. The summed E-state index contributed by atoms with van der Waals surface area (Å²) in [5, 5.41) is 2.86. The molecule has 32 heavy (non-hydrogen) atoms. The molecule has 7 nitrogen and oxygen atoms in total. The number of hydrogen-bond donors (Lipinski definition) is 2. The van der Waals surface area contributed by atoms with Crippen molar-refractivity contribution in [2.24, 2.45) is 0 Å². The van der Waals surface area contributed by atoms with E-state index in [0.29, 0.717) is 10.7 Å². The third-order valence-electron chi connectivity index (χ3n) is 4.09. The molecule has 0 aromatic heterocycles. The summed E-state index contributed by atoms with van der Waals surface area (Å²) in [5.74, 6) is -0.884. The SMILES string of the molecule is COc1ccc(NC(=O)COc2ccc(F)c(Cl)c2)cc1S(=O)(=O)Nc1ccc(Cl)cc1. The largest absolute Gasteiger partial charge is 0.495 e. The number of ether oxygens (including phenoxy) is 2. The van der Waals surface area contributed by atoms with Crippen LogP contribution in [0.15, 0.2) is 65.6 Å². The smallest absolute Gasteiger partial charge is 0.265 e. The average molecular weight is 499 g/mol. The van der Waals surface area contributed by atoms with Crippen molar-refractivity contribution >= 4 is 50.5 Å². The van der Waals surface area contributed by atoms with Gasteiger partial charge in [-0.15, -0.1) is 0 Å². The molecule has 0 saturated carbocycles. The number of rotatable bonds is 8. The highest BCUT2D eigenvalue weighted by Crippen LogP contribution is 2.29. The second kappa shape index (κ2) is 10.1. The fourth-order valence-electron chi connectivity index (χ4n) is 2.61. The molecule has 11 heteroatoms. The highest BCUT2D eigenvalue weighted by Gasteiger charge is 2.21. The van der Waals surface area contributed by atoms with E-state index in [2.05, 4.69) is 10.0 Å². The summed E-state index contributed by atoms with van der Waals surface area (Å²) in [6, 6.07) is 13.9. The number of carbonyl (C=O) groups is 1. The molecule has 1 amide bonds. The second-order valence-corrected chi connectivity index (χ2v) is 8.89. The molecule has 0 aliphatic carbocycles. The van der Waals surface area contributed by atoms with E-state index < -0.39 is 28.4 Å². The fourth-order valence-corrected chi connectivity index (χ4v) is 4.16. The highest BCUT2D eigenvalue weighted by molar-refractivity contribution is 7.92. The lowest BCUT2D eigenvalue weighted by atomic mass is 10.3. The van der Waals surface area contributed by atoms with Crippen molar-refractivity contribution in [1.29, 1.82) is 0 Å². The lowest BCUT2D eigenvalue weighted by molar-refractivity contribution is -0.118. The van der Waals surface area contributed by atoms with Crippen LogP contribution in [-0.2, 0) is 14.8 Å². The van der Waals surface area contributed by atoms with Crippen LogP contribution in [0.3, 0.4) is 0 Å². The van der Waals surface area contributed by atoms with Crippen molar-refractivity contribution in [3.8, 4) is 11.5 Å². The first-order valence-corrected chi connectivity index (χ1v) is 11.3. The summed E-state index contributed by atoms with van der Waals surface area (Å²) in [5.41, 5.74) is 0.505. The van der Waals surface area contributed by atoms with Crippen molar-refractivity contribution in [2.45, 2.75) is 4.90 Å². The Hall–Kier alpha value is -3.01. The van der Waals surface area contributed by atoms with Crippen LogP contribution in [0, 0.1) is 5.82 Å². The number of benzene rings is 3. The summed E-state index contributed by atoms with van der Waals surface area (Å²) in [7, 11) is -2.71. The predicted octanol–water partition coefficient (Wildman–Crippen LogP) is 4.96. The van der Waals surface area contributed by atoms with E-state index in [1.165, 1.54) is 49.6 Å². The predicted molar refractivity (Wildman–Crippen MR) is 121 cm³/mol. The Bertz CT molecular complexity index is 1240. The first-order valence-electron chi connectivity index (χ1n) is 9.02. The molecule has 0 saturated heterocycles. The molecule has 0 aliphatic rings. The summed E-state index contributed by atoms with van der Waals surface area (Å²) < 4.78 is 51.8. The van der Waals surface area contributed by atoms with Gasteiger partial charge in [0.15, 0.2) is 6.61 Å². The van der Waals surface area contributed by atoms with Crippen LogP contribution in [0.25, 0.3) is 0 Å². The maximum absolute atomic E-state index is 13.2. The first kappa shape index (κ1) is 23.6. The van der Waals surface area contributed by atoms with E-state index in [4.69, 9.17) is 32.7 Å². The molecule has 3 aromatic carbocycles. The number of anilines is 2. The van der Waals surface area contributed by atoms with Crippen molar-refractivity contribution in [2.75, 3.05) is 23.8 Å². The Labute approximate surface area is 194 Å². The Morgan fingerprint density at radius 2 is 1.69 bits per heavy atom. The van der Waals surface area contributed by atoms with Crippen LogP contribution in [0.4, 0.5) is 15.8 Å². The molecule has 2 N–H and O–H groups in total. The molecule has 0 spiro atoms. The van der Waals surface area contributed by atoms with Crippen LogP contribution >= 0.6 is 23.2 Å². The molecule has 0 heterocycles. The van der Waals surface area contributed by atoms with Crippen LogP contribution in [0.5, 0.6) is 11.5 Å². The van der Waals surface area contributed by atoms with Crippen LogP contribution in [-0.4, -0.2) is 28.0 Å². The molecular formula is C21H17Cl2FN2O5S. The van der Waals surface area contributed by atoms with Crippen molar-refractivity contribution in [3.05, 3.63) is 76.5 Å². The lowest BCUT2D eigenvalue weighted by Gasteiger charge is -2.14. The van der Waals surface area contributed by atoms with Gasteiger partial charge >= 0.3 is 0 Å². The molecule has 168 valence electrons. The summed E-state index contributed by atoms with van der Waals surface area (Å²) in [6.07, 6.45) is 0. The molecule has 3 rings (SSSR count). The molecule has 0 atom stereocenters. The van der Waals surface area contributed by atoms with E-state index in [-0.39, 0.29) is 27.1 Å². The number of methoxy groups -OCH3 is 1. The van der Waals surface area contributed by atoms with Gasteiger partial charge in [-0.1, -0.05) is 23.2 Å². The van der Waals surface area contributed by atoms with E-state index >= 15 is 0 Å². The minimum Gasteiger partial charge on any atom is -0.495 e. The minimum absolute atomic E-state index is 0.0849. The topological polar surface area (TPSA) is 93.7 Å². The Morgan fingerprint density at radius 1 is 1.00 bits per heavy atom. The average Bonchev–Trinajstić information content (AvgIpc) is 2.76. The van der Waals surface area contributed by atoms with Gasteiger partial charge in [0.2, 0.25) is 0 Å². The van der Waals surface area contributed by atoms with Crippen LogP contribution in [0.1, 0.15) is 0 Å². The Balaban J connectivity index is 1.73. The standard InChI is InChI=1S/C21H17Cl2FN2O5S/c1-30-19-9-6-15(25-21(27)12-31-16-7-8-18(24)17(23)11-16)10-20(19)32(28,29)26-14-4-2-13(22)3-5-14/h2-11,26H,12H2,1H3,(H,25,27). The maximum atomic E-state index is 13.2. The second-order valence-electron chi connectivity index (χ2n) is 6.39. The zero-order valence-electron chi connectivity index (χ0n) is 16.6. The van der Waals surface area contributed by atoms with E-state index in [1.54, 1.807) is 12.1 Å². The normalized spacial score (nSPS) is 11.0. The first-order chi connectivity index (χ1) is 15.2. The van der Waals surface area contributed by atoms with Gasteiger partial charge < -0.3 is 14.8 Å². The van der Waals surface area contributed by atoms with Gasteiger partial charge in [0.1, 0.15) is 22.2 Å². The van der Waals surface area contributed by atoms with Gasteiger partial charge in [0, 0.05) is 22.5 Å². The van der Waals surface area contributed by atoms with Gasteiger partial charge in [0.05, 0.1) is 12.1 Å². The zero-order chi connectivity index (χ0) is 23.3. The van der Waals surface area contributed by atoms with E-state index in [9.17, 15) is 17.6 Å². The van der Waals surface area contributed by atoms with Crippen molar-refractivity contribution in [3.63, 3.8) is 0 Å². The van der Waals surface area contributed by atoms with Crippen LogP contribution in [0.2, 0.25) is 10.0 Å². The number of nitrogens with one attached hydrogen (secondary N) is 2. The van der Waals surface area contributed by atoms with Gasteiger partial charge in [-0.3, -0.25) is 9.52 Å². The molecule has 0 bridgehead atoms. The Kier molecular flexibility index (Phi) is 7.44. The number of carbonyl (C=O) groups excluding carboxylic acids is 1. The quantitative estimate of drug-likeness (QED) is 0.457. The van der Waals surface area contributed by atoms with Crippen molar-refractivity contribution < 1.29 is 27.1 Å². The summed E-state index contributed by atoms with van der Waals surface area (Å²) in [4.78, 5) is 12.0. The highest BCUT2D eigenvalue weighted by atomic mass is 35.5. The summed E-state index contributed by atoms with van der Waals surface area (Å²) >= 11 is 11.5. The third-order valence-corrected chi connectivity index (χ3v) is 6.04. The monoisotopic (exact) mass is 498 g/mol. The molecule has 0 fully saturated rings. The molecule has 3 aromatic rings. The van der Waals surface area contributed by atoms with Crippen molar-refractivity contribution in [1.82, 2.24) is 0 Å². The maximum Gasteiger partial charge on any atom is 0.265 e. The zero-order valence-corrected chi connectivity index (χ0v) is 18.9. The number of halogens is 3. The molecule has 0 unspecified atom stereocenters. The molecule has 0 aliphatic heterocycles.